The monoisotopic (exact) mass is 178 g/mol. The van der Waals surface area contributed by atoms with E-state index in [0.717, 1.165) is 17.7 Å². The van der Waals surface area contributed by atoms with Crippen LogP contribution in [0.2, 0.25) is 0 Å². The Bertz CT molecular complexity index is 284. The molecule has 1 rings (SSSR count). The van der Waals surface area contributed by atoms with E-state index in [4.69, 9.17) is 4.74 Å². The Morgan fingerprint density at radius 1 is 1.54 bits per heavy atom. The Balaban J connectivity index is 2.74. The quantitative estimate of drug-likeness (QED) is 0.703. The van der Waals surface area contributed by atoms with E-state index in [1.165, 1.54) is 0 Å². The minimum atomic E-state index is 0.623. The molecule has 0 aliphatic heterocycles. The highest BCUT2D eigenvalue weighted by Crippen LogP contribution is 2.06. The summed E-state index contributed by atoms with van der Waals surface area (Å²) in [5.41, 5.74) is 2.14. The van der Waals surface area contributed by atoms with E-state index in [1.807, 2.05) is 18.3 Å². The standard InChI is InChI=1S/C10H14N2O/c1-3-10-9(5-4-6-13-2)7-11-8-12-10/h4-5,7-8H,3,6H2,1-2H3/b5-4+. The van der Waals surface area contributed by atoms with E-state index >= 15 is 0 Å². The lowest BCUT2D eigenvalue weighted by molar-refractivity contribution is 0.234. The van der Waals surface area contributed by atoms with Crippen LogP contribution in [0.15, 0.2) is 18.6 Å². The van der Waals surface area contributed by atoms with Crippen LogP contribution in [0, 0.1) is 0 Å². The van der Waals surface area contributed by atoms with E-state index in [0.29, 0.717) is 6.61 Å². The SMILES string of the molecule is CCc1ncncc1/C=C/COC. The second-order valence-corrected chi connectivity index (χ2v) is 2.64. The maximum absolute atomic E-state index is 4.91. The summed E-state index contributed by atoms with van der Waals surface area (Å²) in [6, 6.07) is 0. The highest BCUT2D eigenvalue weighted by molar-refractivity contribution is 5.50. The van der Waals surface area contributed by atoms with Gasteiger partial charge in [0.25, 0.3) is 0 Å². The molecular weight excluding hydrogens is 164 g/mol. The van der Waals surface area contributed by atoms with E-state index < -0.39 is 0 Å². The lowest BCUT2D eigenvalue weighted by atomic mass is 10.2. The van der Waals surface area contributed by atoms with Crippen molar-refractivity contribution in [1.29, 1.82) is 0 Å². The van der Waals surface area contributed by atoms with Gasteiger partial charge in [0, 0.05) is 18.9 Å². The number of methoxy groups -OCH3 is 1. The van der Waals surface area contributed by atoms with Crippen molar-refractivity contribution in [2.24, 2.45) is 0 Å². The third-order valence-corrected chi connectivity index (χ3v) is 1.72. The molecule has 0 aliphatic carbocycles. The maximum Gasteiger partial charge on any atom is 0.115 e. The Labute approximate surface area is 78.5 Å². The summed E-state index contributed by atoms with van der Waals surface area (Å²) in [5.74, 6) is 0. The lowest BCUT2D eigenvalue weighted by Crippen LogP contribution is -1.92. The Kier molecular flexibility index (Phi) is 4.12. The number of rotatable bonds is 4. The third-order valence-electron chi connectivity index (χ3n) is 1.72. The van der Waals surface area contributed by atoms with Gasteiger partial charge in [-0.25, -0.2) is 9.97 Å². The summed E-state index contributed by atoms with van der Waals surface area (Å²) in [6.45, 7) is 2.70. The number of hydrogen-bond donors (Lipinski definition) is 0. The van der Waals surface area contributed by atoms with Gasteiger partial charge in [-0.3, -0.25) is 0 Å². The van der Waals surface area contributed by atoms with Gasteiger partial charge in [0.2, 0.25) is 0 Å². The molecule has 3 nitrogen and oxygen atoms in total. The van der Waals surface area contributed by atoms with Gasteiger partial charge in [-0.2, -0.15) is 0 Å². The van der Waals surface area contributed by atoms with Crippen LogP contribution in [0.3, 0.4) is 0 Å². The Morgan fingerprint density at radius 2 is 2.38 bits per heavy atom. The van der Waals surface area contributed by atoms with E-state index in [-0.39, 0.29) is 0 Å². The fourth-order valence-electron chi connectivity index (χ4n) is 1.07. The van der Waals surface area contributed by atoms with Gasteiger partial charge in [-0.1, -0.05) is 19.1 Å². The molecule has 0 N–H and O–H groups in total. The molecule has 0 saturated carbocycles. The first kappa shape index (κ1) is 9.86. The normalized spacial score (nSPS) is 10.9. The van der Waals surface area contributed by atoms with Crippen LogP contribution in [0.4, 0.5) is 0 Å². The second kappa shape index (κ2) is 5.43. The Morgan fingerprint density at radius 3 is 3.08 bits per heavy atom. The molecule has 0 radical (unpaired) electrons. The molecule has 13 heavy (non-hydrogen) atoms. The molecule has 70 valence electrons. The molecule has 0 aromatic carbocycles. The summed E-state index contributed by atoms with van der Waals surface area (Å²) in [4.78, 5) is 8.14. The van der Waals surface area contributed by atoms with Crippen molar-refractivity contribution in [3.63, 3.8) is 0 Å². The molecule has 0 unspecified atom stereocenters. The van der Waals surface area contributed by atoms with Crippen LogP contribution in [-0.4, -0.2) is 23.7 Å². The van der Waals surface area contributed by atoms with Gasteiger partial charge in [-0.05, 0) is 6.42 Å². The van der Waals surface area contributed by atoms with Crippen LogP contribution in [-0.2, 0) is 11.2 Å². The number of aryl methyl sites for hydroxylation is 1. The molecule has 0 aliphatic rings. The van der Waals surface area contributed by atoms with Crippen molar-refractivity contribution in [3.8, 4) is 0 Å². The zero-order valence-corrected chi connectivity index (χ0v) is 8.03. The molecule has 0 bridgehead atoms. The summed E-state index contributed by atoms with van der Waals surface area (Å²) in [6.07, 6.45) is 8.26. The Hall–Kier alpha value is -1.22. The number of hydrogen-bond acceptors (Lipinski definition) is 3. The highest BCUT2D eigenvalue weighted by Gasteiger charge is 1.96. The minimum Gasteiger partial charge on any atom is -0.381 e. The second-order valence-electron chi connectivity index (χ2n) is 2.64. The lowest BCUT2D eigenvalue weighted by Gasteiger charge is -1.99. The van der Waals surface area contributed by atoms with Crippen molar-refractivity contribution in [3.05, 3.63) is 29.9 Å². The van der Waals surface area contributed by atoms with Gasteiger partial charge < -0.3 is 4.74 Å². The molecule has 0 spiro atoms. The van der Waals surface area contributed by atoms with Crippen LogP contribution in [0.1, 0.15) is 18.2 Å². The fourth-order valence-corrected chi connectivity index (χ4v) is 1.07. The van der Waals surface area contributed by atoms with Gasteiger partial charge in [-0.15, -0.1) is 0 Å². The zero-order valence-electron chi connectivity index (χ0n) is 8.03. The molecule has 0 fully saturated rings. The van der Waals surface area contributed by atoms with Gasteiger partial charge in [0.05, 0.1) is 12.3 Å². The number of nitrogens with zero attached hydrogens (tertiary/aromatic N) is 2. The minimum absolute atomic E-state index is 0.623. The summed E-state index contributed by atoms with van der Waals surface area (Å²) < 4.78 is 4.91. The zero-order chi connectivity index (χ0) is 9.52. The fraction of sp³-hybridized carbons (Fsp3) is 0.400. The smallest absolute Gasteiger partial charge is 0.115 e. The predicted molar refractivity (Wildman–Crippen MR) is 52.3 cm³/mol. The van der Waals surface area contributed by atoms with Gasteiger partial charge in [0.1, 0.15) is 6.33 Å². The first-order valence-corrected chi connectivity index (χ1v) is 4.32. The molecule has 0 atom stereocenters. The van der Waals surface area contributed by atoms with Crippen molar-refractivity contribution < 1.29 is 4.74 Å². The molecule has 1 aromatic rings. The topological polar surface area (TPSA) is 35.0 Å². The van der Waals surface area contributed by atoms with E-state index in [2.05, 4.69) is 16.9 Å². The summed E-state index contributed by atoms with van der Waals surface area (Å²) in [7, 11) is 1.67. The molecule has 1 heterocycles. The first-order chi connectivity index (χ1) is 6.38. The summed E-state index contributed by atoms with van der Waals surface area (Å²) in [5, 5.41) is 0. The third kappa shape index (κ3) is 2.95. The van der Waals surface area contributed by atoms with Crippen molar-refractivity contribution in [1.82, 2.24) is 9.97 Å². The van der Waals surface area contributed by atoms with E-state index in [9.17, 15) is 0 Å². The van der Waals surface area contributed by atoms with Gasteiger partial charge in [0.15, 0.2) is 0 Å². The number of ether oxygens (including phenoxy) is 1. The molecule has 1 aromatic heterocycles. The highest BCUT2D eigenvalue weighted by atomic mass is 16.5. The predicted octanol–water partition coefficient (Wildman–Crippen LogP) is 1.70. The maximum atomic E-state index is 4.91. The average molecular weight is 178 g/mol. The van der Waals surface area contributed by atoms with Gasteiger partial charge >= 0.3 is 0 Å². The van der Waals surface area contributed by atoms with Crippen molar-refractivity contribution in [2.75, 3.05) is 13.7 Å². The molecule has 3 heteroatoms. The van der Waals surface area contributed by atoms with Crippen molar-refractivity contribution in [2.45, 2.75) is 13.3 Å². The molecule has 0 saturated heterocycles. The molecular formula is C10H14N2O. The van der Waals surface area contributed by atoms with Crippen LogP contribution in [0.25, 0.3) is 6.08 Å². The number of aromatic nitrogens is 2. The van der Waals surface area contributed by atoms with Crippen LogP contribution < -0.4 is 0 Å². The van der Waals surface area contributed by atoms with Crippen LogP contribution in [0.5, 0.6) is 0 Å². The van der Waals surface area contributed by atoms with Crippen LogP contribution >= 0.6 is 0 Å². The average Bonchev–Trinajstić information content (AvgIpc) is 2.19. The largest absolute Gasteiger partial charge is 0.381 e. The van der Waals surface area contributed by atoms with Crippen molar-refractivity contribution >= 4 is 6.08 Å². The summed E-state index contributed by atoms with van der Waals surface area (Å²) >= 11 is 0. The molecule has 0 amide bonds. The first-order valence-electron chi connectivity index (χ1n) is 4.32. The van der Waals surface area contributed by atoms with E-state index in [1.54, 1.807) is 13.4 Å².